The second-order valence-electron chi connectivity index (χ2n) is 9.04. The number of hydrogen-bond acceptors (Lipinski definition) is 2. The summed E-state index contributed by atoms with van der Waals surface area (Å²) in [6, 6.07) is 44.8. The minimum atomic E-state index is 1.03. The van der Waals surface area contributed by atoms with Gasteiger partial charge in [-0.15, -0.1) is 0 Å². The predicted molar refractivity (Wildman–Crippen MR) is 155 cm³/mol. The van der Waals surface area contributed by atoms with Crippen LogP contribution in [0, 0.1) is 0 Å². The van der Waals surface area contributed by atoms with Gasteiger partial charge in [-0.2, -0.15) is 0 Å². The third-order valence-electron chi connectivity index (χ3n) is 6.47. The van der Waals surface area contributed by atoms with Gasteiger partial charge in [-0.25, -0.2) is 0 Å². The van der Waals surface area contributed by atoms with E-state index in [-0.39, 0.29) is 0 Å². The molecule has 0 atom stereocenters. The lowest BCUT2D eigenvalue weighted by molar-refractivity contribution is 0.797. The van der Waals surface area contributed by atoms with Crippen LogP contribution in [-0.2, 0) is 6.42 Å². The van der Waals surface area contributed by atoms with Gasteiger partial charge in [0.15, 0.2) is 0 Å². The number of hydrogen-bond donors (Lipinski definition) is 2. The number of rotatable bonds is 9. The zero-order chi connectivity index (χ0) is 24.6. The molecular formula is C34H32N2. The molecule has 2 N–H and O–H groups in total. The van der Waals surface area contributed by atoms with Gasteiger partial charge in [0.25, 0.3) is 0 Å². The Bertz CT molecular complexity index is 1380. The Balaban J connectivity index is 1.58. The molecule has 0 radical (unpaired) electrons. The number of anilines is 4. The highest BCUT2D eigenvalue weighted by atomic mass is 14.9. The zero-order valence-corrected chi connectivity index (χ0v) is 20.7. The van der Waals surface area contributed by atoms with Crippen molar-refractivity contribution in [3.63, 3.8) is 0 Å². The van der Waals surface area contributed by atoms with Crippen molar-refractivity contribution in [2.24, 2.45) is 0 Å². The monoisotopic (exact) mass is 468 g/mol. The van der Waals surface area contributed by atoms with Crippen LogP contribution in [0.1, 0.15) is 25.3 Å². The molecule has 2 nitrogen and oxygen atoms in total. The van der Waals surface area contributed by atoms with Crippen molar-refractivity contribution in [2.75, 3.05) is 10.6 Å². The van der Waals surface area contributed by atoms with E-state index in [0.717, 1.165) is 36.3 Å². The molecule has 0 aliphatic rings. The van der Waals surface area contributed by atoms with Crippen LogP contribution in [0.2, 0.25) is 0 Å². The molecule has 5 aromatic carbocycles. The summed E-state index contributed by atoms with van der Waals surface area (Å²) in [5.41, 5.74) is 10.9. The topological polar surface area (TPSA) is 24.1 Å². The van der Waals surface area contributed by atoms with Crippen molar-refractivity contribution in [3.8, 4) is 22.3 Å². The molecule has 0 fully saturated rings. The van der Waals surface area contributed by atoms with E-state index >= 15 is 0 Å². The summed E-state index contributed by atoms with van der Waals surface area (Å²) >= 11 is 0. The van der Waals surface area contributed by atoms with Crippen molar-refractivity contribution in [2.45, 2.75) is 26.2 Å². The van der Waals surface area contributed by atoms with E-state index in [9.17, 15) is 0 Å². The highest BCUT2D eigenvalue weighted by molar-refractivity contribution is 5.90. The van der Waals surface area contributed by atoms with Gasteiger partial charge in [-0.05, 0) is 83.1 Å². The largest absolute Gasteiger partial charge is 0.356 e. The number of benzene rings is 5. The van der Waals surface area contributed by atoms with Gasteiger partial charge < -0.3 is 10.6 Å². The van der Waals surface area contributed by atoms with Crippen LogP contribution in [-0.4, -0.2) is 0 Å². The van der Waals surface area contributed by atoms with Gasteiger partial charge >= 0.3 is 0 Å². The molecule has 0 unspecified atom stereocenters. The van der Waals surface area contributed by atoms with Crippen molar-refractivity contribution in [1.29, 1.82) is 0 Å². The van der Waals surface area contributed by atoms with Crippen LogP contribution in [0.5, 0.6) is 0 Å². The van der Waals surface area contributed by atoms with Crippen LogP contribution in [0.4, 0.5) is 22.7 Å². The Morgan fingerprint density at radius 1 is 0.500 bits per heavy atom. The number of para-hydroxylation sites is 2. The fraction of sp³-hybridized carbons (Fsp3) is 0.118. The smallest absolute Gasteiger partial charge is 0.0423 e. The highest BCUT2D eigenvalue weighted by Gasteiger charge is 2.17. The summed E-state index contributed by atoms with van der Waals surface area (Å²) in [6.45, 7) is 2.26. The molecule has 5 rings (SSSR count). The maximum Gasteiger partial charge on any atom is 0.0423 e. The molecule has 0 saturated heterocycles. The van der Waals surface area contributed by atoms with Crippen LogP contribution in [0.3, 0.4) is 0 Å². The molecule has 178 valence electrons. The summed E-state index contributed by atoms with van der Waals surface area (Å²) in [4.78, 5) is 0. The third kappa shape index (κ3) is 5.50. The molecule has 5 aromatic rings. The van der Waals surface area contributed by atoms with Gasteiger partial charge in [0.2, 0.25) is 0 Å². The van der Waals surface area contributed by atoms with Gasteiger partial charge in [-0.3, -0.25) is 0 Å². The quantitative estimate of drug-likeness (QED) is 0.225. The van der Waals surface area contributed by atoms with E-state index < -0.39 is 0 Å². The molecule has 0 saturated carbocycles. The normalized spacial score (nSPS) is 10.7. The van der Waals surface area contributed by atoms with E-state index in [1.807, 2.05) is 18.2 Å². The first kappa shape index (κ1) is 23.4. The highest BCUT2D eigenvalue weighted by Crippen LogP contribution is 2.40. The van der Waals surface area contributed by atoms with Crippen molar-refractivity contribution >= 4 is 22.7 Å². The molecule has 0 amide bonds. The lowest BCUT2D eigenvalue weighted by Gasteiger charge is -2.21. The predicted octanol–water partition coefficient (Wildman–Crippen LogP) is 9.85. The molecule has 0 heterocycles. The summed E-state index contributed by atoms with van der Waals surface area (Å²) < 4.78 is 0. The molecular weight excluding hydrogens is 436 g/mol. The average Bonchev–Trinajstić information content (AvgIpc) is 2.94. The molecule has 0 bridgehead atoms. The summed E-state index contributed by atoms with van der Waals surface area (Å²) in [6.07, 6.45) is 3.33. The lowest BCUT2D eigenvalue weighted by Crippen LogP contribution is -2.01. The van der Waals surface area contributed by atoms with Crippen LogP contribution >= 0.6 is 0 Å². The van der Waals surface area contributed by atoms with E-state index in [0.29, 0.717) is 0 Å². The molecule has 0 aromatic heterocycles. The maximum absolute atomic E-state index is 3.70. The zero-order valence-electron chi connectivity index (χ0n) is 20.7. The van der Waals surface area contributed by atoms with Crippen LogP contribution in [0.15, 0.2) is 127 Å². The second-order valence-corrected chi connectivity index (χ2v) is 9.04. The van der Waals surface area contributed by atoms with Crippen molar-refractivity contribution in [1.82, 2.24) is 0 Å². The van der Waals surface area contributed by atoms with Gasteiger partial charge in [0.1, 0.15) is 0 Å². The Kier molecular flexibility index (Phi) is 7.44. The molecule has 0 aliphatic carbocycles. The third-order valence-corrected chi connectivity index (χ3v) is 6.47. The van der Waals surface area contributed by atoms with Crippen LogP contribution < -0.4 is 10.6 Å². The number of unbranched alkanes of at least 4 members (excludes halogenated alkanes) is 1. The van der Waals surface area contributed by atoms with Crippen molar-refractivity contribution < 1.29 is 0 Å². The summed E-state index contributed by atoms with van der Waals surface area (Å²) in [5, 5.41) is 7.19. The minimum absolute atomic E-state index is 1.03. The molecule has 2 heteroatoms. The molecule has 36 heavy (non-hydrogen) atoms. The fourth-order valence-corrected chi connectivity index (χ4v) is 4.65. The maximum atomic E-state index is 3.70. The van der Waals surface area contributed by atoms with Gasteiger partial charge in [0, 0.05) is 22.7 Å². The first-order chi connectivity index (χ1) is 17.8. The molecule has 0 aliphatic heterocycles. The Hall–Kier alpha value is -4.30. The SMILES string of the molecule is CCCCc1c(Nc2ccccc2)ccc(-c2ccc(Nc3ccccc3)cc2)c1-c1ccccc1. The Morgan fingerprint density at radius 2 is 1.06 bits per heavy atom. The minimum Gasteiger partial charge on any atom is -0.356 e. The van der Waals surface area contributed by atoms with Gasteiger partial charge in [-0.1, -0.05) is 98.3 Å². The van der Waals surface area contributed by atoms with E-state index in [1.54, 1.807) is 0 Å². The van der Waals surface area contributed by atoms with E-state index in [2.05, 4.69) is 127 Å². The second kappa shape index (κ2) is 11.4. The van der Waals surface area contributed by atoms with E-state index in [1.165, 1.54) is 33.5 Å². The number of nitrogens with one attached hydrogen (secondary N) is 2. The van der Waals surface area contributed by atoms with Crippen LogP contribution in [0.25, 0.3) is 22.3 Å². The first-order valence-corrected chi connectivity index (χ1v) is 12.8. The first-order valence-electron chi connectivity index (χ1n) is 12.8. The van der Waals surface area contributed by atoms with Gasteiger partial charge in [0.05, 0.1) is 0 Å². The van der Waals surface area contributed by atoms with E-state index in [4.69, 9.17) is 0 Å². The Labute approximate surface area is 214 Å². The lowest BCUT2D eigenvalue weighted by atomic mass is 9.87. The summed E-state index contributed by atoms with van der Waals surface area (Å²) in [5.74, 6) is 0. The average molecular weight is 469 g/mol. The molecule has 0 spiro atoms. The summed E-state index contributed by atoms with van der Waals surface area (Å²) in [7, 11) is 0. The standard InChI is InChI=1S/C34H32N2/c1-2-3-19-32-33(36-29-17-11-6-12-18-29)25-24-31(34(32)27-13-7-4-8-14-27)26-20-22-30(23-21-26)35-28-15-9-5-10-16-28/h4-18,20-25,35-36H,2-3,19H2,1H3. The fourth-order valence-electron chi connectivity index (χ4n) is 4.65. The Morgan fingerprint density at radius 3 is 1.67 bits per heavy atom. The van der Waals surface area contributed by atoms with Crippen molar-refractivity contribution in [3.05, 3.63) is 133 Å².